The minimum atomic E-state index is 0.0398. The molecule has 1 aliphatic rings. The first-order chi connectivity index (χ1) is 12.7. The van der Waals surface area contributed by atoms with Crippen molar-refractivity contribution in [2.45, 2.75) is 11.4 Å². The van der Waals surface area contributed by atoms with Crippen LogP contribution >= 0.6 is 11.8 Å². The molecule has 0 atom stereocenters. The molecule has 0 radical (unpaired) electrons. The van der Waals surface area contributed by atoms with Gasteiger partial charge in [0.15, 0.2) is 11.5 Å². The van der Waals surface area contributed by atoms with Crippen molar-refractivity contribution in [1.82, 2.24) is 10.2 Å². The molecule has 0 unspecified atom stereocenters. The largest absolute Gasteiger partial charge is 0.486 e. The number of hydrogen-bond donors (Lipinski definition) is 1. The zero-order valence-corrected chi connectivity index (χ0v) is 15.8. The molecule has 0 bridgehead atoms. The van der Waals surface area contributed by atoms with Crippen LogP contribution in [0.4, 0.5) is 0 Å². The molecule has 0 aliphatic carbocycles. The highest BCUT2D eigenvalue weighted by Crippen LogP contribution is 2.34. The molecule has 0 saturated carbocycles. The Labute approximate surface area is 158 Å². The summed E-state index contributed by atoms with van der Waals surface area (Å²) in [5.41, 5.74) is 1.27. The molecule has 138 valence electrons. The first-order valence-corrected chi connectivity index (χ1v) is 9.71. The van der Waals surface area contributed by atoms with Crippen LogP contribution in [0.2, 0.25) is 0 Å². The van der Waals surface area contributed by atoms with Crippen molar-refractivity contribution in [3.8, 4) is 11.5 Å². The minimum absolute atomic E-state index is 0.0398. The predicted molar refractivity (Wildman–Crippen MR) is 104 cm³/mol. The lowest BCUT2D eigenvalue weighted by Crippen LogP contribution is -2.33. The number of ether oxygens (including phenoxy) is 2. The summed E-state index contributed by atoms with van der Waals surface area (Å²) in [7, 11) is 2.06. The molecular weight excluding hydrogens is 348 g/mol. The summed E-state index contributed by atoms with van der Waals surface area (Å²) in [6.07, 6.45) is 0. The van der Waals surface area contributed by atoms with Crippen molar-refractivity contribution in [1.29, 1.82) is 0 Å². The number of benzene rings is 2. The fourth-order valence-electron chi connectivity index (χ4n) is 2.67. The van der Waals surface area contributed by atoms with Crippen LogP contribution in [0.3, 0.4) is 0 Å². The van der Waals surface area contributed by atoms with Crippen molar-refractivity contribution in [2.75, 3.05) is 39.1 Å². The van der Waals surface area contributed by atoms with E-state index in [1.54, 1.807) is 0 Å². The maximum atomic E-state index is 12.0. The molecule has 26 heavy (non-hydrogen) atoms. The van der Waals surface area contributed by atoms with Gasteiger partial charge < -0.3 is 19.7 Å². The fourth-order valence-corrected chi connectivity index (χ4v) is 3.43. The number of nitrogens with one attached hydrogen (secondary N) is 1. The Balaban J connectivity index is 1.35. The van der Waals surface area contributed by atoms with Gasteiger partial charge in [-0.15, -0.1) is 11.8 Å². The van der Waals surface area contributed by atoms with Crippen LogP contribution < -0.4 is 14.8 Å². The number of likely N-dealkylation sites (N-methyl/N-ethyl adjacent to an activating group) is 1. The van der Waals surface area contributed by atoms with Crippen LogP contribution in [0, 0.1) is 0 Å². The van der Waals surface area contributed by atoms with Gasteiger partial charge in [0.25, 0.3) is 0 Å². The second-order valence-electron chi connectivity index (χ2n) is 6.17. The van der Waals surface area contributed by atoms with Crippen LogP contribution in [-0.2, 0) is 11.3 Å². The van der Waals surface area contributed by atoms with Crippen LogP contribution in [-0.4, -0.2) is 49.9 Å². The quantitative estimate of drug-likeness (QED) is 0.722. The Hall–Kier alpha value is -2.18. The standard InChI is InChI=1S/C20H24N2O3S/c1-22(14-16-5-3-2-4-6-16)10-9-21-20(23)15-26-17-7-8-18-19(13-17)25-12-11-24-18/h2-8,13H,9-12,14-15H2,1H3,(H,21,23). The third-order valence-corrected chi connectivity index (χ3v) is 4.99. The van der Waals surface area contributed by atoms with Crippen molar-refractivity contribution in [3.63, 3.8) is 0 Å². The Morgan fingerprint density at radius 1 is 1.12 bits per heavy atom. The topological polar surface area (TPSA) is 50.8 Å². The Kier molecular flexibility index (Phi) is 6.80. The number of nitrogens with zero attached hydrogens (tertiary/aromatic N) is 1. The lowest BCUT2D eigenvalue weighted by Gasteiger charge is -2.18. The second-order valence-corrected chi connectivity index (χ2v) is 7.22. The third-order valence-electron chi connectivity index (χ3n) is 3.99. The van der Waals surface area contributed by atoms with E-state index in [2.05, 4.69) is 29.4 Å². The summed E-state index contributed by atoms with van der Waals surface area (Å²) >= 11 is 1.50. The third kappa shape index (κ3) is 5.68. The van der Waals surface area contributed by atoms with Gasteiger partial charge in [-0.3, -0.25) is 4.79 Å². The van der Waals surface area contributed by atoms with Crippen molar-refractivity contribution < 1.29 is 14.3 Å². The van der Waals surface area contributed by atoms with E-state index in [1.807, 2.05) is 36.4 Å². The average Bonchev–Trinajstić information content (AvgIpc) is 2.67. The molecule has 0 fully saturated rings. The molecular formula is C20H24N2O3S. The summed E-state index contributed by atoms with van der Waals surface area (Å²) in [6.45, 7) is 3.49. The van der Waals surface area contributed by atoms with E-state index in [0.717, 1.165) is 29.5 Å². The molecule has 1 aliphatic heterocycles. The van der Waals surface area contributed by atoms with Crippen LogP contribution in [0.25, 0.3) is 0 Å². The number of fused-ring (bicyclic) bond motifs is 1. The van der Waals surface area contributed by atoms with Gasteiger partial charge in [0, 0.05) is 24.5 Å². The lowest BCUT2D eigenvalue weighted by molar-refractivity contribution is -0.118. The van der Waals surface area contributed by atoms with Gasteiger partial charge in [-0.05, 0) is 30.8 Å². The Morgan fingerprint density at radius 3 is 2.69 bits per heavy atom. The van der Waals surface area contributed by atoms with Gasteiger partial charge in [0.2, 0.25) is 5.91 Å². The van der Waals surface area contributed by atoms with Crippen LogP contribution in [0.5, 0.6) is 11.5 Å². The average molecular weight is 372 g/mol. The summed E-state index contributed by atoms with van der Waals surface area (Å²) in [4.78, 5) is 15.2. The summed E-state index contributed by atoms with van der Waals surface area (Å²) < 4.78 is 11.1. The van der Waals surface area contributed by atoms with Crippen LogP contribution in [0.15, 0.2) is 53.4 Å². The highest BCUT2D eigenvalue weighted by atomic mass is 32.2. The van der Waals surface area contributed by atoms with E-state index < -0.39 is 0 Å². The monoisotopic (exact) mass is 372 g/mol. The molecule has 3 rings (SSSR count). The normalized spacial score (nSPS) is 12.8. The van der Waals surface area contributed by atoms with E-state index in [-0.39, 0.29) is 5.91 Å². The Morgan fingerprint density at radius 2 is 1.88 bits per heavy atom. The van der Waals surface area contributed by atoms with E-state index in [4.69, 9.17) is 9.47 Å². The Bertz CT molecular complexity index is 724. The van der Waals surface area contributed by atoms with Gasteiger partial charge in [0.1, 0.15) is 13.2 Å². The van der Waals surface area contributed by atoms with Crippen molar-refractivity contribution in [2.24, 2.45) is 0 Å². The first-order valence-electron chi connectivity index (χ1n) is 8.72. The van der Waals surface area contributed by atoms with E-state index in [9.17, 15) is 4.79 Å². The van der Waals surface area contributed by atoms with Gasteiger partial charge in [-0.25, -0.2) is 0 Å². The number of carbonyl (C=O) groups excluding carboxylic acids is 1. The van der Waals surface area contributed by atoms with Crippen LogP contribution in [0.1, 0.15) is 5.56 Å². The molecule has 1 heterocycles. The smallest absolute Gasteiger partial charge is 0.230 e. The first kappa shape index (κ1) is 18.6. The molecule has 5 nitrogen and oxygen atoms in total. The van der Waals surface area contributed by atoms with E-state index >= 15 is 0 Å². The van der Waals surface area contributed by atoms with Gasteiger partial charge in [0.05, 0.1) is 5.75 Å². The maximum Gasteiger partial charge on any atom is 0.230 e. The zero-order valence-electron chi connectivity index (χ0n) is 14.9. The minimum Gasteiger partial charge on any atom is -0.486 e. The molecule has 1 N–H and O–H groups in total. The van der Waals surface area contributed by atoms with E-state index in [0.29, 0.717) is 25.5 Å². The van der Waals surface area contributed by atoms with Gasteiger partial charge >= 0.3 is 0 Å². The number of hydrogen-bond acceptors (Lipinski definition) is 5. The number of carbonyl (C=O) groups is 1. The maximum absolute atomic E-state index is 12.0. The number of thioether (sulfide) groups is 1. The summed E-state index contributed by atoms with van der Waals surface area (Å²) in [6, 6.07) is 16.1. The highest BCUT2D eigenvalue weighted by Gasteiger charge is 2.12. The van der Waals surface area contributed by atoms with Crippen molar-refractivity contribution >= 4 is 17.7 Å². The molecule has 0 saturated heterocycles. The SMILES string of the molecule is CN(CCNC(=O)CSc1ccc2c(c1)OCCO2)Cc1ccccc1. The molecule has 2 aromatic rings. The molecule has 2 aromatic carbocycles. The molecule has 6 heteroatoms. The lowest BCUT2D eigenvalue weighted by atomic mass is 10.2. The second kappa shape index (κ2) is 9.50. The molecule has 0 spiro atoms. The number of rotatable bonds is 8. The van der Waals surface area contributed by atoms with E-state index in [1.165, 1.54) is 17.3 Å². The highest BCUT2D eigenvalue weighted by molar-refractivity contribution is 8.00. The number of amides is 1. The molecule has 1 amide bonds. The van der Waals surface area contributed by atoms with Gasteiger partial charge in [-0.1, -0.05) is 30.3 Å². The predicted octanol–water partition coefficient (Wildman–Crippen LogP) is 2.80. The summed E-state index contributed by atoms with van der Waals surface area (Å²) in [5, 5.41) is 2.97. The summed E-state index contributed by atoms with van der Waals surface area (Å²) in [5.74, 6) is 1.95. The molecule has 0 aromatic heterocycles. The van der Waals surface area contributed by atoms with Crippen molar-refractivity contribution in [3.05, 3.63) is 54.1 Å². The fraction of sp³-hybridized carbons (Fsp3) is 0.350. The van der Waals surface area contributed by atoms with Gasteiger partial charge in [-0.2, -0.15) is 0 Å². The zero-order chi connectivity index (χ0) is 18.2.